The molecule has 0 aliphatic heterocycles. The molecule has 364 valence electrons. The largest absolute Gasteiger partial charge is 0.458 e. The lowest BCUT2D eigenvalue weighted by Gasteiger charge is -2.28. The first-order valence-corrected chi connectivity index (χ1v) is 22.6. The Kier molecular flexibility index (Phi) is 20.2. The second-order valence-corrected chi connectivity index (χ2v) is 17.4. The van der Waals surface area contributed by atoms with Gasteiger partial charge in [0.25, 0.3) is 11.8 Å². The maximum atomic E-state index is 13.9. The monoisotopic (exact) mass is 924 g/mol. The highest BCUT2D eigenvalue weighted by atomic mass is 16.6. The minimum Gasteiger partial charge on any atom is -0.458 e. The second-order valence-electron chi connectivity index (χ2n) is 17.4. The Labute approximate surface area is 392 Å². The van der Waals surface area contributed by atoms with Crippen LogP contribution in [0.25, 0.3) is 11.1 Å². The van der Waals surface area contributed by atoms with Crippen molar-refractivity contribution in [2.75, 3.05) is 20.2 Å². The summed E-state index contributed by atoms with van der Waals surface area (Å²) in [4.78, 5) is 92.7. The van der Waals surface area contributed by atoms with E-state index >= 15 is 0 Å². The third kappa shape index (κ3) is 14.9. The number of benzene rings is 3. The normalized spacial score (nSPS) is 14.7. The Morgan fingerprint density at radius 2 is 1.14 bits per heavy atom. The van der Waals surface area contributed by atoms with Crippen LogP contribution in [0.5, 0.6) is 0 Å². The molecule has 16 heteroatoms. The van der Waals surface area contributed by atoms with Gasteiger partial charge in [-0.2, -0.15) is 0 Å². The van der Waals surface area contributed by atoms with Crippen LogP contribution in [0.2, 0.25) is 0 Å². The van der Waals surface area contributed by atoms with Crippen molar-refractivity contribution < 1.29 is 61.5 Å². The number of carbonyl (C=O) groups excluding carboxylic acids is 7. The summed E-state index contributed by atoms with van der Waals surface area (Å²) in [5, 5.41) is 10.8. The number of hydrogen-bond donors (Lipinski definition) is 4. The van der Waals surface area contributed by atoms with Crippen LogP contribution >= 0.6 is 0 Å². The molecular formula is C50H72N4O12. The number of hydrogen-bond acceptors (Lipinski definition) is 13. The van der Waals surface area contributed by atoms with E-state index < -0.39 is 90.1 Å². The molecular weight excluding hydrogens is 849 g/mol. The van der Waals surface area contributed by atoms with Crippen molar-refractivity contribution in [2.45, 2.75) is 124 Å². The third-order valence-electron chi connectivity index (χ3n) is 11.2. The molecule has 0 heterocycles. The predicted octanol–water partition coefficient (Wildman–Crippen LogP) is 6.48. The van der Waals surface area contributed by atoms with Gasteiger partial charge in [0.05, 0.1) is 0 Å². The van der Waals surface area contributed by atoms with Crippen molar-refractivity contribution in [3.8, 4) is 11.1 Å². The fourth-order valence-electron chi connectivity index (χ4n) is 7.45. The molecule has 1 aliphatic rings. The van der Waals surface area contributed by atoms with Gasteiger partial charge >= 0.3 is 30.0 Å². The molecule has 66 heavy (non-hydrogen) atoms. The summed E-state index contributed by atoms with van der Waals surface area (Å²) in [7, 11) is 1.60. The van der Waals surface area contributed by atoms with Crippen molar-refractivity contribution in [3.05, 3.63) is 95.6 Å². The first-order chi connectivity index (χ1) is 31.4. The van der Waals surface area contributed by atoms with E-state index in [0.717, 1.165) is 27.8 Å². The number of likely N-dealkylation sites (N-methyl/N-ethyl adjacent to an activating group) is 1. The summed E-state index contributed by atoms with van der Waals surface area (Å²) in [6.07, 6.45) is -3.91. The summed E-state index contributed by atoms with van der Waals surface area (Å²) in [6.45, 7) is 13.3. The lowest BCUT2D eigenvalue weighted by molar-refractivity contribution is -0.170. The molecule has 6 unspecified atom stereocenters. The Hall–Kier alpha value is -6.29. The number of fused-ring (bicyclic) bond motifs is 3. The number of nitrogens with one attached hydrogen (secondary N) is 4. The molecule has 3 amide bonds. The molecule has 0 saturated heterocycles. The maximum absolute atomic E-state index is 13.9. The van der Waals surface area contributed by atoms with E-state index in [1.807, 2.05) is 56.3 Å². The Morgan fingerprint density at radius 1 is 0.576 bits per heavy atom. The summed E-state index contributed by atoms with van der Waals surface area (Å²) in [5.41, 5.74) is 5.13. The Bertz CT molecular complexity index is 2100. The lowest BCUT2D eigenvalue weighted by Crippen LogP contribution is -2.53. The second kappa shape index (κ2) is 25.4. The molecule has 0 fully saturated rings. The highest BCUT2D eigenvalue weighted by Crippen LogP contribution is 2.44. The molecule has 0 bridgehead atoms. The topological polar surface area (TPSA) is 214 Å². The van der Waals surface area contributed by atoms with E-state index in [4.69, 9.17) is 23.7 Å². The van der Waals surface area contributed by atoms with Crippen molar-refractivity contribution in [2.24, 2.45) is 17.8 Å². The van der Waals surface area contributed by atoms with Crippen LogP contribution in [0.4, 0.5) is 4.79 Å². The number of carbonyl (C=O) groups is 7. The summed E-state index contributed by atoms with van der Waals surface area (Å²) in [6, 6.07) is 21.8. The van der Waals surface area contributed by atoms with Crippen LogP contribution in [-0.2, 0) is 59.1 Å². The standard InChI is InChI=1S/C50H66N4O12.3H2/c1-29(2)41(51-9)48(59)64-32(7)44(55)53-40(25-17-18-26-52-50(61)63-28-39-37-23-15-13-21-35(37)36-22-14-16-24-38(36)39)47(58)66-43(31(5)6)45(56)54-42(30(3)4)49(60)65-33(8)46(57)62-27-34-19-11-10-12-20-34;;;/h10-16,19-24,29-33,39-43,51H,17-18,25-28H2,1-9H3,(H,52,61)(H,53,55)(H,54,56);3*1H/i;3*1+1. The van der Waals surface area contributed by atoms with Gasteiger partial charge in [-0.1, -0.05) is 120 Å². The summed E-state index contributed by atoms with van der Waals surface area (Å²) in [5.74, 6) is -6.20. The van der Waals surface area contributed by atoms with Gasteiger partial charge in [0.1, 0.15) is 31.3 Å². The number of amides is 3. The number of ether oxygens (including phenoxy) is 5. The molecule has 0 aromatic heterocycles. The minimum absolute atomic E-state index is 0. The van der Waals surface area contributed by atoms with Crippen molar-refractivity contribution in [3.63, 3.8) is 0 Å². The first kappa shape index (κ1) is 52.3. The molecule has 16 nitrogen and oxygen atoms in total. The Morgan fingerprint density at radius 3 is 1.71 bits per heavy atom. The molecule has 4 N–H and O–H groups in total. The van der Waals surface area contributed by atoms with E-state index in [1.54, 1.807) is 59.0 Å². The highest BCUT2D eigenvalue weighted by molar-refractivity contribution is 5.92. The summed E-state index contributed by atoms with van der Waals surface area (Å²) >= 11 is 0. The van der Waals surface area contributed by atoms with Gasteiger partial charge in [0, 0.05) is 16.7 Å². The van der Waals surface area contributed by atoms with Crippen molar-refractivity contribution in [1.29, 1.82) is 0 Å². The quantitative estimate of drug-likeness (QED) is 0.0431. The SMILES string of the molecule is CNC(C(=O)OC(C)C(=O)NC(CCCCNC(=O)OCC1c2ccccc2-c2ccccc21)C(=O)OC(C(=O)NC(C(=O)OC(C)C(=O)OCc1ccccc1)C(C)C)C(C)C)C(C)C.[2HH].[2HH].[2HH]. The van der Waals surface area contributed by atoms with Crippen LogP contribution in [0.3, 0.4) is 0 Å². The molecule has 0 spiro atoms. The fraction of sp³-hybridized carbons (Fsp3) is 0.500. The van der Waals surface area contributed by atoms with E-state index in [0.29, 0.717) is 12.8 Å². The summed E-state index contributed by atoms with van der Waals surface area (Å²) < 4.78 is 27.5. The van der Waals surface area contributed by atoms with Crippen molar-refractivity contribution >= 4 is 41.8 Å². The molecule has 6 atom stereocenters. The smallest absolute Gasteiger partial charge is 0.407 e. The maximum Gasteiger partial charge on any atom is 0.407 e. The van der Waals surface area contributed by atoms with Gasteiger partial charge in [-0.25, -0.2) is 19.2 Å². The molecule has 3 aromatic carbocycles. The number of alkyl carbamates (subject to hydrolysis) is 1. The van der Waals surface area contributed by atoms with Crippen LogP contribution in [0.15, 0.2) is 78.9 Å². The van der Waals surface area contributed by atoms with Gasteiger partial charge < -0.3 is 45.0 Å². The number of unbranched alkanes of at least 4 members (excludes halogenated alkanes) is 1. The number of rotatable bonds is 24. The van der Waals surface area contributed by atoms with Gasteiger partial charge in [0.15, 0.2) is 18.3 Å². The van der Waals surface area contributed by atoms with E-state index in [9.17, 15) is 33.6 Å². The van der Waals surface area contributed by atoms with Gasteiger partial charge in [0.2, 0.25) is 0 Å². The Balaban J connectivity index is 0.00000793. The highest BCUT2D eigenvalue weighted by Gasteiger charge is 2.37. The lowest BCUT2D eigenvalue weighted by atomic mass is 9.98. The fourth-order valence-corrected chi connectivity index (χ4v) is 7.45. The zero-order valence-corrected chi connectivity index (χ0v) is 39.4. The molecule has 3 aromatic rings. The van der Waals surface area contributed by atoms with Gasteiger partial charge in [-0.15, -0.1) is 0 Å². The zero-order chi connectivity index (χ0) is 48.5. The van der Waals surface area contributed by atoms with Crippen LogP contribution in [0, 0.1) is 17.8 Å². The zero-order valence-electron chi connectivity index (χ0n) is 39.4. The van der Waals surface area contributed by atoms with E-state index in [2.05, 4.69) is 33.4 Å². The van der Waals surface area contributed by atoms with Crippen LogP contribution in [-0.4, -0.2) is 98.4 Å². The van der Waals surface area contributed by atoms with E-state index in [1.165, 1.54) is 13.8 Å². The predicted molar refractivity (Wildman–Crippen MR) is 252 cm³/mol. The van der Waals surface area contributed by atoms with E-state index in [-0.39, 0.29) is 42.3 Å². The average molecular weight is 924 g/mol. The molecule has 1 aliphatic carbocycles. The van der Waals surface area contributed by atoms with Crippen LogP contribution in [0.1, 0.15) is 102 Å². The van der Waals surface area contributed by atoms with Gasteiger partial charge in [-0.05, 0) is 85.7 Å². The molecule has 0 radical (unpaired) electrons. The number of esters is 4. The minimum atomic E-state index is -1.42. The third-order valence-corrected chi connectivity index (χ3v) is 11.2. The first-order valence-electron chi connectivity index (χ1n) is 22.6. The van der Waals surface area contributed by atoms with Gasteiger partial charge in [-0.3, -0.25) is 14.4 Å². The molecule has 4 rings (SSSR count). The van der Waals surface area contributed by atoms with Crippen LogP contribution < -0.4 is 21.3 Å². The average Bonchev–Trinajstić information content (AvgIpc) is 3.60. The molecule has 0 saturated carbocycles. The van der Waals surface area contributed by atoms with Crippen molar-refractivity contribution in [1.82, 2.24) is 21.3 Å².